The highest BCUT2D eigenvalue weighted by atomic mass is 32.2. The number of nitrogens with zero attached hydrogens (tertiary/aromatic N) is 1. The molecule has 0 radical (unpaired) electrons. The van der Waals surface area contributed by atoms with Gasteiger partial charge in [-0.3, -0.25) is 9.10 Å². The van der Waals surface area contributed by atoms with E-state index in [9.17, 15) is 17.6 Å². The lowest BCUT2D eigenvalue weighted by Gasteiger charge is -2.24. The fourth-order valence-electron chi connectivity index (χ4n) is 3.38. The second-order valence-electron chi connectivity index (χ2n) is 7.26. The minimum absolute atomic E-state index is 0.0478. The molecule has 0 unspecified atom stereocenters. The SMILES string of the molecule is O=C(CN(c1ccc(F)cc1)S(=O)(=O)c1ccccc1)NCc1ccc2ccccc2c1. The predicted molar refractivity (Wildman–Crippen MR) is 123 cm³/mol. The molecule has 4 aromatic rings. The number of fused-ring (bicyclic) bond motifs is 1. The van der Waals surface area contributed by atoms with E-state index < -0.39 is 28.3 Å². The van der Waals surface area contributed by atoms with E-state index in [2.05, 4.69) is 5.32 Å². The maximum Gasteiger partial charge on any atom is 0.264 e. The highest BCUT2D eigenvalue weighted by Crippen LogP contribution is 2.24. The van der Waals surface area contributed by atoms with Crippen LogP contribution in [0.5, 0.6) is 0 Å². The Balaban J connectivity index is 1.54. The zero-order valence-electron chi connectivity index (χ0n) is 17.1. The molecule has 0 aliphatic rings. The molecule has 4 aromatic carbocycles. The van der Waals surface area contributed by atoms with Crippen molar-refractivity contribution >= 4 is 32.4 Å². The zero-order chi connectivity index (χ0) is 22.6. The third-order valence-corrected chi connectivity index (χ3v) is 6.82. The van der Waals surface area contributed by atoms with Gasteiger partial charge in [0, 0.05) is 6.54 Å². The lowest BCUT2D eigenvalue weighted by atomic mass is 10.1. The van der Waals surface area contributed by atoms with Gasteiger partial charge in [0.25, 0.3) is 10.0 Å². The molecule has 0 fully saturated rings. The van der Waals surface area contributed by atoms with Gasteiger partial charge in [0.15, 0.2) is 0 Å². The number of sulfonamides is 1. The molecule has 162 valence electrons. The molecule has 7 heteroatoms. The molecule has 0 aliphatic carbocycles. The van der Waals surface area contributed by atoms with Gasteiger partial charge in [-0.1, -0.05) is 54.6 Å². The maximum atomic E-state index is 13.4. The Morgan fingerprint density at radius 1 is 0.812 bits per heavy atom. The summed E-state index contributed by atoms with van der Waals surface area (Å²) < 4.78 is 40.8. The molecule has 0 saturated heterocycles. The van der Waals surface area contributed by atoms with E-state index in [1.54, 1.807) is 18.2 Å². The fraction of sp³-hybridized carbons (Fsp3) is 0.0800. The highest BCUT2D eigenvalue weighted by Gasteiger charge is 2.27. The minimum Gasteiger partial charge on any atom is -0.350 e. The Hall–Kier alpha value is -3.71. The van der Waals surface area contributed by atoms with Crippen LogP contribution in [0.1, 0.15) is 5.56 Å². The molecular weight excluding hydrogens is 427 g/mol. The van der Waals surface area contributed by atoms with Crippen LogP contribution in [-0.2, 0) is 21.4 Å². The van der Waals surface area contributed by atoms with E-state index in [1.807, 2.05) is 42.5 Å². The standard InChI is InChI=1S/C25H21FN2O3S/c26-22-12-14-23(15-13-22)28(32(30,31)24-8-2-1-3-9-24)18-25(29)27-17-19-10-11-20-6-4-5-7-21(20)16-19/h1-16H,17-18H2,(H,27,29). The molecule has 0 aromatic heterocycles. The Kier molecular flexibility index (Phi) is 6.18. The number of nitrogens with one attached hydrogen (secondary N) is 1. The van der Waals surface area contributed by atoms with Crippen LogP contribution in [0.4, 0.5) is 10.1 Å². The molecule has 0 aliphatic heterocycles. The largest absolute Gasteiger partial charge is 0.350 e. The second kappa shape index (κ2) is 9.20. The highest BCUT2D eigenvalue weighted by molar-refractivity contribution is 7.92. The van der Waals surface area contributed by atoms with Crippen molar-refractivity contribution in [1.82, 2.24) is 5.32 Å². The summed E-state index contributed by atoms with van der Waals surface area (Å²) in [6.45, 7) is -0.178. The smallest absolute Gasteiger partial charge is 0.264 e. The molecule has 5 nitrogen and oxygen atoms in total. The number of amides is 1. The van der Waals surface area contributed by atoms with Crippen molar-refractivity contribution < 1.29 is 17.6 Å². The predicted octanol–water partition coefficient (Wildman–Crippen LogP) is 4.49. The van der Waals surface area contributed by atoms with Crippen molar-refractivity contribution in [3.05, 3.63) is 108 Å². The topological polar surface area (TPSA) is 66.5 Å². The van der Waals surface area contributed by atoms with Crippen LogP contribution >= 0.6 is 0 Å². The van der Waals surface area contributed by atoms with Crippen LogP contribution in [0, 0.1) is 5.82 Å². The van der Waals surface area contributed by atoms with Crippen molar-refractivity contribution in [2.75, 3.05) is 10.8 Å². The van der Waals surface area contributed by atoms with Gasteiger partial charge in [0.05, 0.1) is 10.6 Å². The lowest BCUT2D eigenvalue weighted by Crippen LogP contribution is -2.40. The monoisotopic (exact) mass is 448 g/mol. The molecule has 4 rings (SSSR count). The van der Waals surface area contributed by atoms with Crippen LogP contribution in [0.25, 0.3) is 10.8 Å². The molecule has 32 heavy (non-hydrogen) atoms. The van der Waals surface area contributed by atoms with Gasteiger partial charge in [0.2, 0.25) is 5.91 Å². The van der Waals surface area contributed by atoms with Crippen molar-refractivity contribution in [2.45, 2.75) is 11.4 Å². The Morgan fingerprint density at radius 2 is 1.47 bits per heavy atom. The van der Waals surface area contributed by atoms with Crippen molar-refractivity contribution in [1.29, 1.82) is 0 Å². The van der Waals surface area contributed by atoms with E-state index in [4.69, 9.17) is 0 Å². The first-order valence-corrected chi connectivity index (χ1v) is 11.5. The van der Waals surface area contributed by atoms with E-state index in [0.717, 1.165) is 32.8 Å². The average Bonchev–Trinajstić information content (AvgIpc) is 2.82. The van der Waals surface area contributed by atoms with Gasteiger partial charge >= 0.3 is 0 Å². The van der Waals surface area contributed by atoms with Crippen LogP contribution in [0.3, 0.4) is 0 Å². The summed E-state index contributed by atoms with van der Waals surface area (Å²) in [6.07, 6.45) is 0. The summed E-state index contributed by atoms with van der Waals surface area (Å²) in [7, 11) is -4.02. The summed E-state index contributed by atoms with van der Waals surface area (Å²) in [6, 6.07) is 26.6. The summed E-state index contributed by atoms with van der Waals surface area (Å²) >= 11 is 0. The van der Waals surface area contributed by atoms with Crippen molar-refractivity contribution in [3.8, 4) is 0 Å². The fourth-order valence-corrected chi connectivity index (χ4v) is 4.82. The number of carbonyl (C=O) groups excluding carboxylic acids is 1. The third kappa shape index (κ3) is 4.78. The number of halogens is 1. The van der Waals surface area contributed by atoms with Gasteiger partial charge in [-0.15, -0.1) is 0 Å². The van der Waals surface area contributed by atoms with Crippen molar-refractivity contribution in [3.63, 3.8) is 0 Å². The molecule has 1 amide bonds. The molecule has 0 bridgehead atoms. The summed E-state index contributed by atoms with van der Waals surface area (Å²) in [4.78, 5) is 12.8. The molecule has 0 heterocycles. The molecule has 0 atom stereocenters. The summed E-state index contributed by atoms with van der Waals surface area (Å²) in [5.74, 6) is -0.964. The van der Waals surface area contributed by atoms with Crippen molar-refractivity contribution in [2.24, 2.45) is 0 Å². The van der Waals surface area contributed by atoms with Crippen LogP contribution in [-0.4, -0.2) is 20.9 Å². The van der Waals surface area contributed by atoms with E-state index >= 15 is 0 Å². The first-order chi connectivity index (χ1) is 15.4. The number of anilines is 1. The van der Waals surface area contributed by atoms with Crippen LogP contribution in [0.2, 0.25) is 0 Å². The normalized spacial score (nSPS) is 11.3. The quantitative estimate of drug-likeness (QED) is 0.453. The third-order valence-electron chi connectivity index (χ3n) is 5.04. The lowest BCUT2D eigenvalue weighted by molar-refractivity contribution is -0.119. The van der Waals surface area contributed by atoms with Gasteiger partial charge in [0.1, 0.15) is 12.4 Å². The van der Waals surface area contributed by atoms with E-state index in [1.165, 1.54) is 24.3 Å². The molecular formula is C25H21FN2O3S. The molecule has 0 spiro atoms. The average molecular weight is 449 g/mol. The van der Waals surface area contributed by atoms with Gasteiger partial charge in [-0.25, -0.2) is 12.8 Å². The van der Waals surface area contributed by atoms with E-state index in [-0.39, 0.29) is 17.1 Å². The molecule has 1 N–H and O–H groups in total. The first-order valence-electron chi connectivity index (χ1n) is 10.0. The maximum absolute atomic E-state index is 13.4. The van der Waals surface area contributed by atoms with Gasteiger partial charge < -0.3 is 5.32 Å². The number of benzene rings is 4. The number of rotatable bonds is 7. The minimum atomic E-state index is -4.02. The van der Waals surface area contributed by atoms with Crippen LogP contribution in [0.15, 0.2) is 102 Å². The number of carbonyl (C=O) groups is 1. The first kappa shape index (κ1) is 21.5. The Morgan fingerprint density at radius 3 is 2.19 bits per heavy atom. The zero-order valence-corrected chi connectivity index (χ0v) is 17.9. The van der Waals surface area contributed by atoms with Crippen LogP contribution < -0.4 is 9.62 Å². The summed E-state index contributed by atoms with van der Waals surface area (Å²) in [5, 5.41) is 4.93. The van der Waals surface area contributed by atoms with Gasteiger partial charge in [-0.2, -0.15) is 0 Å². The van der Waals surface area contributed by atoms with Gasteiger partial charge in [-0.05, 0) is 58.8 Å². The second-order valence-corrected chi connectivity index (χ2v) is 9.12. The molecule has 0 saturated carbocycles. The van der Waals surface area contributed by atoms with E-state index in [0.29, 0.717) is 0 Å². The number of hydrogen-bond acceptors (Lipinski definition) is 3. The Labute approximate surface area is 186 Å². The number of hydrogen-bond donors (Lipinski definition) is 1. The summed E-state index contributed by atoms with van der Waals surface area (Å²) in [5.41, 5.74) is 1.10. The Bertz CT molecular complexity index is 1340.